The summed E-state index contributed by atoms with van der Waals surface area (Å²) in [7, 11) is 4.10. The maximum atomic E-state index is 5.71. The zero-order valence-electron chi connectivity index (χ0n) is 15.0. The molecule has 1 aromatic carbocycles. The third kappa shape index (κ3) is 6.21. The molecule has 0 unspecified atom stereocenters. The monoisotopic (exact) mass is 417 g/mol. The number of hydrogen-bond donors (Lipinski definition) is 3. The maximum Gasteiger partial charge on any atom is 0.141 e. The molecule has 26 heavy (non-hydrogen) atoms. The van der Waals surface area contributed by atoms with E-state index in [-0.39, 0.29) is 0 Å². The highest BCUT2D eigenvalue weighted by Crippen LogP contribution is 2.25. The van der Waals surface area contributed by atoms with E-state index in [2.05, 4.69) is 55.2 Å². The number of nitrogens with two attached hydrogens (primary N) is 2. The lowest BCUT2D eigenvalue weighted by atomic mass is 10.2. The molecule has 0 aliphatic heterocycles. The molecule has 5 N–H and O–H groups in total. The van der Waals surface area contributed by atoms with Crippen molar-refractivity contribution in [3.8, 4) is 0 Å². The van der Waals surface area contributed by atoms with Gasteiger partial charge in [0, 0.05) is 15.5 Å². The topological polar surface area (TPSA) is 106 Å². The average Bonchev–Trinajstić information content (AvgIpc) is 2.61. The maximum absolute atomic E-state index is 5.71. The number of anilines is 3. The van der Waals surface area contributed by atoms with Gasteiger partial charge in [-0.15, -0.1) is 0 Å². The fourth-order valence-corrected chi connectivity index (χ4v) is 2.58. The summed E-state index contributed by atoms with van der Waals surface area (Å²) in [6.45, 7) is 1.91. The Balaban J connectivity index is 0.000000298. The molecule has 0 spiro atoms. The number of nitrogens with one attached hydrogen (secondary N) is 1. The number of fused-ring (bicyclic) bond motifs is 1. The minimum atomic E-state index is 0.444. The number of rotatable bonds is 5. The van der Waals surface area contributed by atoms with Crippen molar-refractivity contribution in [2.45, 2.75) is 6.42 Å². The highest BCUT2D eigenvalue weighted by Gasteiger charge is 2.05. The van der Waals surface area contributed by atoms with Crippen LogP contribution in [0.25, 0.3) is 10.9 Å². The summed E-state index contributed by atoms with van der Waals surface area (Å²) >= 11 is 3.43. The van der Waals surface area contributed by atoms with Crippen LogP contribution in [-0.2, 0) is 0 Å². The van der Waals surface area contributed by atoms with E-state index in [1.807, 2.05) is 24.3 Å². The van der Waals surface area contributed by atoms with Crippen molar-refractivity contribution in [1.29, 1.82) is 0 Å². The first-order chi connectivity index (χ1) is 12.5. The van der Waals surface area contributed by atoms with Crippen LogP contribution in [0.15, 0.2) is 47.3 Å². The molecule has 3 aromatic rings. The Morgan fingerprint density at radius 1 is 1.15 bits per heavy atom. The highest BCUT2D eigenvalue weighted by atomic mass is 79.9. The number of hydrogen-bond acceptors (Lipinski definition) is 7. The third-order valence-electron chi connectivity index (χ3n) is 3.44. The van der Waals surface area contributed by atoms with E-state index in [1.165, 1.54) is 6.33 Å². The van der Waals surface area contributed by atoms with Crippen molar-refractivity contribution in [2.24, 2.45) is 5.73 Å². The number of halogens is 1. The van der Waals surface area contributed by atoms with E-state index in [0.717, 1.165) is 40.6 Å². The number of aromatic nitrogens is 3. The van der Waals surface area contributed by atoms with Crippen LogP contribution in [0, 0.1) is 0 Å². The lowest BCUT2D eigenvalue weighted by molar-refractivity contribution is 0.403. The van der Waals surface area contributed by atoms with Gasteiger partial charge in [0.1, 0.15) is 18.0 Å². The first kappa shape index (κ1) is 20.0. The van der Waals surface area contributed by atoms with Gasteiger partial charge < -0.3 is 21.7 Å². The summed E-state index contributed by atoms with van der Waals surface area (Å²) in [6.07, 6.45) is 4.24. The van der Waals surface area contributed by atoms with Crippen LogP contribution < -0.4 is 16.8 Å². The van der Waals surface area contributed by atoms with E-state index in [0.29, 0.717) is 11.6 Å². The van der Waals surface area contributed by atoms with Gasteiger partial charge >= 0.3 is 0 Å². The van der Waals surface area contributed by atoms with Gasteiger partial charge in [-0.1, -0.05) is 22.0 Å². The molecule has 138 valence electrons. The normalized spacial score (nSPS) is 10.5. The van der Waals surface area contributed by atoms with Gasteiger partial charge in [0.05, 0.1) is 11.7 Å². The third-order valence-corrected chi connectivity index (χ3v) is 3.93. The van der Waals surface area contributed by atoms with E-state index in [4.69, 9.17) is 11.5 Å². The summed E-state index contributed by atoms with van der Waals surface area (Å²) in [5, 5.41) is 4.09. The fraction of sp³-hybridized carbons (Fsp3) is 0.278. The molecule has 0 bridgehead atoms. The van der Waals surface area contributed by atoms with Gasteiger partial charge in [-0.25, -0.2) is 15.0 Å². The molecule has 0 aliphatic rings. The number of pyridine rings is 1. The van der Waals surface area contributed by atoms with Gasteiger partial charge in [-0.2, -0.15) is 0 Å². The van der Waals surface area contributed by atoms with Gasteiger partial charge in [0.15, 0.2) is 0 Å². The lowest BCUT2D eigenvalue weighted by Gasteiger charge is -2.08. The van der Waals surface area contributed by atoms with Crippen molar-refractivity contribution >= 4 is 44.2 Å². The first-order valence-electron chi connectivity index (χ1n) is 8.23. The van der Waals surface area contributed by atoms with Crippen LogP contribution in [0.2, 0.25) is 0 Å². The Morgan fingerprint density at radius 2 is 1.96 bits per heavy atom. The molecule has 0 saturated heterocycles. The van der Waals surface area contributed by atoms with Gasteiger partial charge in [-0.05, 0) is 57.9 Å². The zero-order chi connectivity index (χ0) is 18.9. The van der Waals surface area contributed by atoms with E-state index >= 15 is 0 Å². The molecule has 2 aromatic heterocycles. The molecule has 0 radical (unpaired) electrons. The number of nitrogens with zero attached hydrogens (tertiary/aromatic N) is 4. The Labute approximate surface area is 162 Å². The second-order valence-corrected chi connectivity index (χ2v) is 6.85. The molecule has 0 saturated carbocycles. The second kappa shape index (κ2) is 10.0. The summed E-state index contributed by atoms with van der Waals surface area (Å²) in [5.41, 5.74) is 12.6. The average molecular weight is 418 g/mol. The minimum absolute atomic E-state index is 0.444. The van der Waals surface area contributed by atoms with E-state index in [9.17, 15) is 0 Å². The molecule has 0 atom stereocenters. The standard InChI is InChI=1S/C13H10BrN5.C5H14N2/c14-8-2-1-3-9(4-8)19-13-10-5-12(15)16-6-11(10)17-7-18-13;1-7(2)5-3-4-6/h1-7H,(H2,15,16)(H,17,18,19);3-6H2,1-2H3. The predicted molar refractivity (Wildman–Crippen MR) is 111 cm³/mol. The van der Waals surface area contributed by atoms with Crippen molar-refractivity contribution in [3.63, 3.8) is 0 Å². The quantitative estimate of drug-likeness (QED) is 0.585. The Morgan fingerprint density at radius 3 is 2.62 bits per heavy atom. The van der Waals surface area contributed by atoms with E-state index < -0.39 is 0 Å². The zero-order valence-corrected chi connectivity index (χ0v) is 16.6. The van der Waals surface area contributed by atoms with Crippen molar-refractivity contribution in [3.05, 3.63) is 47.3 Å². The van der Waals surface area contributed by atoms with Crippen molar-refractivity contribution in [2.75, 3.05) is 38.2 Å². The highest BCUT2D eigenvalue weighted by molar-refractivity contribution is 9.10. The molecule has 0 fully saturated rings. The summed E-state index contributed by atoms with van der Waals surface area (Å²) < 4.78 is 0.997. The van der Waals surface area contributed by atoms with Gasteiger partial charge in [0.2, 0.25) is 0 Å². The largest absolute Gasteiger partial charge is 0.384 e. The van der Waals surface area contributed by atoms with Crippen LogP contribution in [0.5, 0.6) is 0 Å². The summed E-state index contributed by atoms with van der Waals surface area (Å²) in [6, 6.07) is 9.61. The summed E-state index contributed by atoms with van der Waals surface area (Å²) in [5.74, 6) is 1.15. The van der Waals surface area contributed by atoms with Crippen LogP contribution in [0.3, 0.4) is 0 Å². The number of benzene rings is 1. The molecule has 3 rings (SSSR count). The SMILES string of the molecule is CN(C)CCCN.Nc1cc2c(Nc3cccc(Br)c3)ncnc2cn1. The molecule has 8 heteroatoms. The fourth-order valence-electron chi connectivity index (χ4n) is 2.19. The van der Waals surface area contributed by atoms with Crippen LogP contribution in [0.4, 0.5) is 17.3 Å². The smallest absolute Gasteiger partial charge is 0.141 e. The van der Waals surface area contributed by atoms with Crippen LogP contribution in [-0.4, -0.2) is 47.0 Å². The van der Waals surface area contributed by atoms with Crippen LogP contribution >= 0.6 is 15.9 Å². The molecule has 0 amide bonds. The lowest BCUT2D eigenvalue weighted by Crippen LogP contribution is -2.16. The van der Waals surface area contributed by atoms with Gasteiger partial charge in [-0.3, -0.25) is 0 Å². The Hall–Kier alpha value is -2.29. The van der Waals surface area contributed by atoms with Gasteiger partial charge in [0.25, 0.3) is 0 Å². The molecular formula is C18H24BrN7. The minimum Gasteiger partial charge on any atom is -0.384 e. The van der Waals surface area contributed by atoms with Crippen molar-refractivity contribution < 1.29 is 0 Å². The molecular weight excluding hydrogens is 394 g/mol. The molecule has 0 aliphatic carbocycles. The van der Waals surface area contributed by atoms with Crippen molar-refractivity contribution in [1.82, 2.24) is 19.9 Å². The Kier molecular flexibility index (Phi) is 7.71. The van der Waals surface area contributed by atoms with E-state index in [1.54, 1.807) is 12.3 Å². The predicted octanol–water partition coefficient (Wildman–Crippen LogP) is 3.01. The molecule has 7 nitrogen and oxygen atoms in total. The second-order valence-electron chi connectivity index (χ2n) is 5.93. The molecule has 2 heterocycles. The first-order valence-corrected chi connectivity index (χ1v) is 9.02. The summed E-state index contributed by atoms with van der Waals surface area (Å²) in [4.78, 5) is 14.6. The number of nitrogen functional groups attached to an aromatic ring is 1. The Bertz CT molecular complexity index is 839. The van der Waals surface area contributed by atoms with Crippen LogP contribution in [0.1, 0.15) is 6.42 Å².